The zero-order valence-electron chi connectivity index (χ0n) is 15.8. The Morgan fingerprint density at radius 3 is 2.50 bits per heavy atom. The van der Waals surface area contributed by atoms with Crippen LogP contribution in [0.3, 0.4) is 0 Å². The number of carboxylic acids is 1. The van der Waals surface area contributed by atoms with Gasteiger partial charge in [0, 0.05) is 11.6 Å². The molecule has 2 fully saturated rings. The fraction of sp³-hybridized carbons (Fsp3) is 0.500. The van der Waals surface area contributed by atoms with E-state index in [1.165, 1.54) is 0 Å². The molecule has 1 aromatic carbocycles. The average Bonchev–Trinajstić information content (AvgIpc) is 2.90. The second-order valence-corrected chi connectivity index (χ2v) is 7.63. The van der Waals surface area contributed by atoms with E-state index >= 15 is 0 Å². The van der Waals surface area contributed by atoms with Gasteiger partial charge in [-0.2, -0.15) is 0 Å². The first-order valence-electron chi connectivity index (χ1n) is 9.59. The number of rotatable bonds is 4. The van der Waals surface area contributed by atoms with E-state index in [4.69, 9.17) is 0 Å². The number of nitrogens with one attached hydrogen (secondary N) is 3. The summed E-state index contributed by atoms with van der Waals surface area (Å²) >= 11 is 0. The Kier molecular flexibility index (Phi) is 5.67. The molecule has 1 aliphatic heterocycles. The third kappa shape index (κ3) is 4.00. The van der Waals surface area contributed by atoms with Crippen molar-refractivity contribution in [1.82, 2.24) is 16.0 Å². The van der Waals surface area contributed by atoms with Crippen LogP contribution >= 0.6 is 0 Å². The minimum Gasteiger partial charge on any atom is -0.481 e. The minimum absolute atomic E-state index is 0.318. The average molecular weight is 387 g/mol. The summed E-state index contributed by atoms with van der Waals surface area (Å²) in [6.07, 6.45) is 4.93. The molecule has 1 saturated carbocycles. The van der Waals surface area contributed by atoms with Crippen LogP contribution < -0.4 is 16.0 Å². The normalized spacial score (nSPS) is 27.9. The first-order valence-corrected chi connectivity index (χ1v) is 9.59. The number of carbonyl (C=O) groups excluding carboxylic acids is 3. The predicted octanol–water partition coefficient (Wildman–Crippen LogP) is 1.89. The number of benzene rings is 1. The number of carboxylic acid groups (broad SMARTS) is 1. The topological polar surface area (TPSA) is 125 Å². The molecule has 150 valence electrons. The van der Waals surface area contributed by atoms with E-state index in [1.54, 1.807) is 31.2 Å². The molecule has 0 radical (unpaired) electrons. The fourth-order valence-electron chi connectivity index (χ4n) is 3.92. The Morgan fingerprint density at radius 2 is 1.86 bits per heavy atom. The SMILES string of the molecule is CC1(c2cccc(C(=O)NC3CCCCCCC3C(=O)O)c2)NC(=O)NC1=O. The number of amides is 4. The molecular formula is C20H25N3O5. The van der Waals surface area contributed by atoms with E-state index in [-0.39, 0.29) is 5.91 Å². The van der Waals surface area contributed by atoms with E-state index in [9.17, 15) is 24.3 Å². The second-order valence-electron chi connectivity index (χ2n) is 7.63. The van der Waals surface area contributed by atoms with Gasteiger partial charge >= 0.3 is 12.0 Å². The number of aliphatic carboxylic acids is 1. The lowest BCUT2D eigenvalue weighted by Gasteiger charge is -2.27. The largest absolute Gasteiger partial charge is 0.481 e. The fourth-order valence-corrected chi connectivity index (χ4v) is 3.92. The molecule has 3 atom stereocenters. The van der Waals surface area contributed by atoms with Crippen molar-refractivity contribution in [2.24, 2.45) is 5.92 Å². The predicted molar refractivity (Wildman–Crippen MR) is 101 cm³/mol. The number of urea groups is 1. The summed E-state index contributed by atoms with van der Waals surface area (Å²) in [5, 5.41) is 17.2. The van der Waals surface area contributed by atoms with Gasteiger partial charge in [-0.05, 0) is 37.5 Å². The third-order valence-electron chi connectivity index (χ3n) is 5.65. The van der Waals surface area contributed by atoms with Gasteiger partial charge in [0.2, 0.25) is 0 Å². The lowest BCUT2D eigenvalue weighted by Crippen LogP contribution is -2.44. The Bertz CT molecular complexity index is 809. The summed E-state index contributed by atoms with van der Waals surface area (Å²) in [5.41, 5.74) is -0.452. The summed E-state index contributed by atoms with van der Waals surface area (Å²) in [7, 11) is 0. The van der Waals surface area contributed by atoms with Crippen LogP contribution in [0.15, 0.2) is 24.3 Å². The molecule has 0 aromatic heterocycles. The van der Waals surface area contributed by atoms with Crippen LogP contribution in [0.2, 0.25) is 0 Å². The van der Waals surface area contributed by atoms with Gasteiger partial charge in [0.05, 0.1) is 5.92 Å². The molecule has 8 nitrogen and oxygen atoms in total. The standard InChI is InChI=1S/C20H25N3O5/c1-20(18(27)22-19(28)23-20)13-8-6-7-12(11-13)16(24)21-15-10-5-3-2-4-9-14(15)17(25)26/h6-8,11,14-15H,2-5,9-10H2,1H3,(H,21,24)(H,25,26)(H2,22,23,27,28). The van der Waals surface area contributed by atoms with Crippen molar-refractivity contribution in [1.29, 1.82) is 0 Å². The maximum absolute atomic E-state index is 12.8. The van der Waals surface area contributed by atoms with E-state index < -0.39 is 35.4 Å². The molecule has 1 heterocycles. The van der Waals surface area contributed by atoms with Crippen LogP contribution in [-0.2, 0) is 15.1 Å². The van der Waals surface area contributed by atoms with E-state index in [0.717, 1.165) is 25.7 Å². The Hall–Kier alpha value is -2.90. The van der Waals surface area contributed by atoms with Crippen LogP contribution in [0.4, 0.5) is 4.79 Å². The highest BCUT2D eigenvalue weighted by Crippen LogP contribution is 2.26. The lowest BCUT2D eigenvalue weighted by atomic mass is 9.86. The number of imide groups is 1. The Labute approximate surface area is 163 Å². The highest BCUT2D eigenvalue weighted by atomic mass is 16.4. The molecule has 0 spiro atoms. The van der Waals surface area contributed by atoms with Gasteiger partial charge < -0.3 is 15.7 Å². The highest BCUT2D eigenvalue weighted by Gasteiger charge is 2.43. The molecule has 3 unspecified atom stereocenters. The van der Waals surface area contributed by atoms with E-state index in [0.29, 0.717) is 24.0 Å². The molecule has 3 rings (SSSR count). The van der Waals surface area contributed by atoms with Crippen molar-refractivity contribution >= 4 is 23.8 Å². The minimum atomic E-state index is -1.25. The van der Waals surface area contributed by atoms with Gasteiger partial charge in [0.15, 0.2) is 0 Å². The first-order chi connectivity index (χ1) is 13.3. The highest BCUT2D eigenvalue weighted by molar-refractivity contribution is 6.07. The lowest BCUT2D eigenvalue weighted by molar-refractivity contribution is -0.143. The van der Waals surface area contributed by atoms with Gasteiger partial charge in [-0.1, -0.05) is 37.8 Å². The third-order valence-corrected chi connectivity index (χ3v) is 5.65. The molecule has 0 bridgehead atoms. The Morgan fingerprint density at radius 1 is 1.14 bits per heavy atom. The van der Waals surface area contributed by atoms with Crippen LogP contribution in [0.25, 0.3) is 0 Å². The maximum atomic E-state index is 12.8. The summed E-state index contributed by atoms with van der Waals surface area (Å²) in [6, 6.07) is 5.45. The second kappa shape index (κ2) is 8.00. The number of carbonyl (C=O) groups is 4. The molecule has 1 saturated heterocycles. The molecule has 4 amide bonds. The van der Waals surface area contributed by atoms with Gasteiger partial charge in [-0.25, -0.2) is 4.79 Å². The van der Waals surface area contributed by atoms with Gasteiger partial charge in [-0.15, -0.1) is 0 Å². The van der Waals surface area contributed by atoms with Crippen molar-refractivity contribution in [3.05, 3.63) is 35.4 Å². The van der Waals surface area contributed by atoms with Crippen molar-refractivity contribution in [3.8, 4) is 0 Å². The van der Waals surface area contributed by atoms with E-state index in [1.807, 2.05) is 0 Å². The molecule has 1 aliphatic carbocycles. The zero-order valence-corrected chi connectivity index (χ0v) is 15.8. The molecule has 28 heavy (non-hydrogen) atoms. The van der Waals surface area contributed by atoms with Gasteiger partial charge in [0.1, 0.15) is 5.54 Å². The molecular weight excluding hydrogens is 362 g/mol. The summed E-state index contributed by atoms with van der Waals surface area (Å²) in [6.45, 7) is 1.57. The maximum Gasteiger partial charge on any atom is 0.322 e. The van der Waals surface area contributed by atoms with Crippen LogP contribution in [0.1, 0.15) is 61.4 Å². The summed E-state index contributed by atoms with van der Waals surface area (Å²) in [5.74, 6) is -2.36. The van der Waals surface area contributed by atoms with Crippen molar-refractivity contribution < 1.29 is 24.3 Å². The van der Waals surface area contributed by atoms with Crippen LogP contribution in [0.5, 0.6) is 0 Å². The number of hydrogen-bond donors (Lipinski definition) is 4. The zero-order chi connectivity index (χ0) is 20.3. The van der Waals surface area contributed by atoms with Crippen molar-refractivity contribution in [3.63, 3.8) is 0 Å². The monoisotopic (exact) mass is 387 g/mol. The first kappa shape index (κ1) is 19.9. The van der Waals surface area contributed by atoms with Gasteiger partial charge in [0.25, 0.3) is 11.8 Å². The van der Waals surface area contributed by atoms with E-state index in [2.05, 4.69) is 16.0 Å². The Balaban J connectivity index is 1.79. The van der Waals surface area contributed by atoms with Crippen molar-refractivity contribution in [2.75, 3.05) is 0 Å². The smallest absolute Gasteiger partial charge is 0.322 e. The molecule has 1 aromatic rings. The van der Waals surface area contributed by atoms with Gasteiger partial charge in [-0.3, -0.25) is 19.7 Å². The van der Waals surface area contributed by atoms with Crippen LogP contribution in [0, 0.1) is 5.92 Å². The number of hydrogen-bond acceptors (Lipinski definition) is 4. The van der Waals surface area contributed by atoms with Crippen LogP contribution in [-0.4, -0.2) is 35.0 Å². The molecule has 8 heteroatoms. The van der Waals surface area contributed by atoms with Crippen molar-refractivity contribution in [2.45, 2.75) is 57.0 Å². The summed E-state index contributed by atoms with van der Waals surface area (Å²) in [4.78, 5) is 48.1. The quantitative estimate of drug-likeness (QED) is 0.587. The summed E-state index contributed by atoms with van der Waals surface area (Å²) < 4.78 is 0. The molecule has 2 aliphatic rings. The molecule has 4 N–H and O–H groups in total.